The Hall–Kier alpha value is -2.36. The van der Waals surface area contributed by atoms with E-state index in [2.05, 4.69) is 9.97 Å². The van der Waals surface area contributed by atoms with Gasteiger partial charge in [-0.2, -0.15) is 0 Å². The molecule has 0 aliphatic carbocycles. The summed E-state index contributed by atoms with van der Waals surface area (Å²) in [6.07, 6.45) is 5.51. The molecule has 0 N–H and O–H groups in total. The zero-order valence-corrected chi connectivity index (χ0v) is 9.37. The lowest BCUT2D eigenvalue weighted by molar-refractivity contribution is 0.418. The van der Waals surface area contributed by atoms with Gasteiger partial charge in [0.2, 0.25) is 0 Å². The highest BCUT2D eigenvalue weighted by Crippen LogP contribution is 2.23. The molecule has 3 aromatic heterocycles. The lowest BCUT2D eigenvalue weighted by Crippen LogP contribution is -1.92. The van der Waals surface area contributed by atoms with Crippen molar-refractivity contribution in [3.63, 3.8) is 0 Å². The first kappa shape index (κ1) is 9.84. The Morgan fingerprint density at radius 3 is 2.82 bits per heavy atom. The fourth-order valence-electron chi connectivity index (χ4n) is 1.85. The minimum absolute atomic E-state index is 0.808. The summed E-state index contributed by atoms with van der Waals surface area (Å²) in [6, 6.07) is 9.62. The SMILES string of the molecule is COc1cccn2c(-c3ccccn3)ncc12. The van der Waals surface area contributed by atoms with Crippen LogP contribution in [0.25, 0.3) is 17.0 Å². The van der Waals surface area contributed by atoms with Gasteiger partial charge in [0, 0.05) is 12.4 Å². The Morgan fingerprint density at radius 1 is 1.12 bits per heavy atom. The molecule has 3 aromatic rings. The highest BCUT2D eigenvalue weighted by atomic mass is 16.5. The molecule has 0 radical (unpaired) electrons. The van der Waals surface area contributed by atoms with E-state index in [0.29, 0.717) is 0 Å². The molecule has 0 aliphatic heterocycles. The zero-order valence-electron chi connectivity index (χ0n) is 9.37. The van der Waals surface area contributed by atoms with Gasteiger partial charge < -0.3 is 4.74 Å². The van der Waals surface area contributed by atoms with E-state index >= 15 is 0 Å². The number of ether oxygens (including phenoxy) is 1. The van der Waals surface area contributed by atoms with E-state index in [0.717, 1.165) is 22.8 Å². The average molecular weight is 225 g/mol. The monoisotopic (exact) mass is 225 g/mol. The van der Waals surface area contributed by atoms with Gasteiger partial charge in [0.05, 0.1) is 13.3 Å². The predicted octanol–water partition coefficient (Wildman–Crippen LogP) is 2.40. The van der Waals surface area contributed by atoms with Gasteiger partial charge in [-0.05, 0) is 24.3 Å². The van der Waals surface area contributed by atoms with Crippen LogP contribution in [0.1, 0.15) is 0 Å². The Balaban J connectivity index is 2.26. The lowest BCUT2D eigenvalue weighted by atomic mass is 10.3. The molecule has 0 amide bonds. The van der Waals surface area contributed by atoms with Gasteiger partial charge in [-0.15, -0.1) is 0 Å². The number of fused-ring (bicyclic) bond motifs is 1. The number of methoxy groups -OCH3 is 1. The molecule has 0 fully saturated rings. The summed E-state index contributed by atoms with van der Waals surface area (Å²) in [5.74, 6) is 1.63. The molecule has 17 heavy (non-hydrogen) atoms. The van der Waals surface area contributed by atoms with E-state index in [1.165, 1.54) is 0 Å². The van der Waals surface area contributed by atoms with Gasteiger partial charge in [0.1, 0.15) is 17.0 Å². The van der Waals surface area contributed by atoms with Crippen molar-refractivity contribution in [2.75, 3.05) is 7.11 Å². The first-order chi connectivity index (χ1) is 8.40. The predicted molar refractivity (Wildman–Crippen MR) is 65.0 cm³/mol. The minimum atomic E-state index is 0.808. The fraction of sp³-hybridized carbons (Fsp3) is 0.0769. The van der Waals surface area contributed by atoms with Crippen molar-refractivity contribution in [1.82, 2.24) is 14.4 Å². The topological polar surface area (TPSA) is 39.4 Å². The highest BCUT2D eigenvalue weighted by molar-refractivity contribution is 5.65. The normalized spacial score (nSPS) is 10.6. The zero-order chi connectivity index (χ0) is 11.7. The Kier molecular flexibility index (Phi) is 2.26. The number of rotatable bonds is 2. The molecule has 0 unspecified atom stereocenters. The molecule has 4 heteroatoms. The van der Waals surface area contributed by atoms with Gasteiger partial charge >= 0.3 is 0 Å². The second-order valence-corrected chi connectivity index (χ2v) is 3.63. The summed E-state index contributed by atoms with van der Waals surface area (Å²) in [5.41, 5.74) is 1.79. The summed E-state index contributed by atoms with van der Waals surface area (Å²) in [6.45, 7) is 0. The van der Waals surface area contributed by atoms with Crippen LogP contribution < -0.4 is 4.74 Å². The summed E-state index contributed by atoms with van der Waals surface area (Å²) in [5, 5.41) is 0. The molecule has 0 aromatic carbocycles. The molecule has 0 bridgehead atoms. The van der Waals surface area contributed by atoms with Gasteiger partial charge in [-0.3, -0.25) is 9.38 Å². The molecule has 0 saturated heterocycles. The first-order valence-corrected chi connectivity index (χ1v) is 5.31. The van der Waals surface area contributed by atoms with Gasteiger partial charge in [-0.25, -0.2) is 4.98 Å². The minimum Gasteiger partial charge on any atom is -0.494 e. The van der Waals surface area contributed by atoms with Crippen LogP contribution in [0.3, 0.4) is 0 Å². The third-order valence-corrected chi connectivity index (χ3v) is 2.65. The van der Waals surface area contributed by atoms with Crippen LogP contribution >= 0.6 is 0 Å². The molecular formula is C13H11N3O. The fourth-order valence-corrected chi connectivity index (χ4v) is 1.85. The molecule has 84 valence electrons. The number of nitrogens with zero attached hydrogens (tertiary/aromatic N) is 3. The van der Waals surface area contributed by atoms with E-state index in [1.807, 2.05) is 40.9 Å². The van der Waals surface area contributed by atoms with Crippen molar-refractivity contribution in [3.8, 4) is 17.3 Å². The molecule has 0 atom stereocenters. The van der Waals surface area contributed by atoms with Crippen molar-refractivity contribution in [2.24, 2.45) is 0 Å². The van der Waals surface area contributed by atoms with Crippen molar-refractivity contribution < 1.29 is 4.74 Å². The van der Waals surface area contributed by atoms with Crippen LogP contribution in [-0.2, 0) is 0 Å². The summed E-state index contributed by atoms with van der Waals surface area (Å²) in [4.78, 5) is 8.70. The van der Waals surface area contributed by atoms with Gasteiger partial charge in [0.15, 0.2) is 5.82 Å². The standard InChI is InChI=1S/C13H11N3O/c1-17-12-6-4-8-16-11(12)9-15-13(16)10-5-2-3-7-14-10/h2-9H,1H3. The molecule has 0 saturated carbocycles. The molecule has 0 aliphatic rings. The van der Waals surface area contributed by atoms with Gasteiger partial charge in [-0.1, -0.05) is 6.07 Å². The number of pyridine rings is 2. The van der Waals surface area contributed by atoms with Gasteiger partial charge in [0.25, 0.3) is 0 Å². The second-order valence-electron chi connectivity index (χ2n) is 3.63. The molecule has 4 nitrogen and oxygen atoms in total. The smallest absolute Gasteiger partial charge is 0.163 e. The number of hydrogen-bond donors (Lipinski definition) is 0. The summed E-state index contributed by atoms with van der Waals surface area (Å²) < 4.78 is 7.27. The Labute approximate surface area is 98.5 Å². The quantitative estimate of drug-likeness (QED) is 0.672. The third kappa shape index (κ3) is 1.54. The van der Waals surface area contributed by atoms with E-state index in [9.17, 15) is 0 Å². The second kappa shape index (κ2) is 3.90. The summed E-state index contributed by atoms with van der Waals surface area (Å²) >= 11 is 0. The maximum Gasteiger partial charge on any atom is 0.163 e. The number of aromatic nitrogens is 3. The maximum absolute atomic E-state index is 5.30. The van der Waals surface area contributed by atoms with Crippen molar-refractivity contribution in [3.05, 3.63) is 48.9 Å². The third-order valence-electron chi connectivity index (χ3n) is 2.65. The van der Waals surface area contributed by atoms with Crippen LogP contribution in [0, 0.1) is 0 Å². The van der Waals surface area contributed by atoms with Crippen molar-refractivity contribution in [2.45, 2.75) is 0 Å². The maximum atomic E-state index is 5.30. The Bertz CT molecular complexity index is 646. The van der Waals surface area contributed by atoms with Crippen LogP contribution in [0.5, 0.6) is 5.75 Å². The van der Waals surface area contributed by atoms with Crippen LogP contribution in [0.2, 0.25) is 0 Å². The molecule has 3 heterocycles. The summed E-state index contributed by atoms with van der Waals surface area (Å²) in [7, 11) is 1.66. The lowest BCUT2D eigenvalue weighted by Gasteiger charge is -2.03. The van der Waals surface area contributed by atoms with Crippen LogP contribution in [0.4, 0.5) is 0 Å². The van der Waals surface area contributed by atoms with E-state index in [-0.39, 0.29) is 0 Å². The van der Waals surface area contributed by atoms with Crippen LogP contribution in [0.15, 0.2) is 48.9 Å². The molecule has 3 rings (SSSR count). The van der Waals surface area contributed by atoms with Crippen molar-refractivity contribution >= 4 is 5.52 Å². The van der Waals surface area contributed by atoms with E-state index in [4.69, 9.17) is 4.74 Å². The highest BCUT2D eigenvalue weighted by Gasteiger charge is 2.09. The molecule has 0 spiro atoms. The first-order valence-electron chi connectivity index (χ1n) is 5.31. The number of hydrogen-bond acceptors (Lipinski definition) is 3. The largest absolute Gasteiger partial charge is 0.494 e. The Morgan fingerprint density at radius 2 is 2.06 bits per heavy atom. The number of imidazole rings is 1. The van der Waals surface area contributed by atoms with E-state index < -0.39 is 0 Å². The van der Waals surface area contributed by atoms with E-state index in [1.54, 1.807) is 19.5 Å². The average Bonchev–Trinajstić information content (AvgIpc) is 2.83. The van der Waals surface area contributed by atoms with Crippen LogP contribution in [-0.4, -0.2) is 21.5 Å². The molecular weight excluding hydrogens is 214 g/mol. The van der Waals surface area contributed by atoms with Crippen molar-refractivity contribution in [1.29, 1.82) is 0 Å².